The van der Waals surface area contributed by atoms with E-state index in [1.54, 1.807) is 11.1 Å². The number of benzene rings is 1. The minimum Gasteiger partial charge on any atom is -0.508 e. The van der Waals surface area contributed by atoms with Crippen LogP contribution in [-0.2, 0) is 6.42 Å². The molecule has 0 heterocycles. The highest BCUT2D eigenvalue weighted by molar-refractivity contribution is 8.00. The summed E-state index contributed by atoms with van der Waals surface area (Å²) >= 11 is 1.83. The highest BCUT2D eigenvalue weighted by Gasteiger charge is 2.59. The number of phenols is 2. The maximum Gasteiger partial charge on any atom is 0.129 e. The smallest absolute Gasteiger partial charge is 0.129 e. The van der Waals surface area contributed by atoms with E-state index in [9.17, 15) is 10.2 Å². The summed E-state index contributed by atoms with van der Waals surface area (Å²) in [6.07, 6.45) is 25.8. The van der Waals surface area contributed by atoms with Crippen LogP contribution < -0.4 is 0 Å². The van der Waals surface area contributed by atoms with E-state index in [0.29, 0.717) is 39.4 Å². The van der Waals surface area contributed by atoms with Crippen LogP contribution in [0.2, 0.25) is 0 Å². The van der Waals surface area contributed by atoms with Gasteiger partial charge in [-0.1, -0.05) is 98.0 Å². The summed E-state index contributed by atoms with van der Waals surface area (Å²) in [5.41, 5.74) is 5.44. The largest absolute Gasteiger partial charge is 0.508 e. The fraction of sp³-hybridized carbons (Fsp3) is 0.792. The molecule has 0 radical (unpaired) electrons. The summed E-state index contributed by atoms with van der Waals surface area (Å²) in [6, 6.07) is 3.85. The molecule has 0 bridgehead atoms. The Bertz CT molecular complexity index is 1510. The van der Waals surface area contributed by atoms with E-state index in [0.717, 1.165) is 65.2 Å². The van der Waals surface area contributed by atoms with Gasteiger partial charge in [-0.25, -0.2) is 0 Å². The average molecular weight is 715 g/mol. The van der Waals surface area contributed by atoms with Gasteiger partial charge in [-0.3, -0.25) is 0 Å². The minimum atomic E-state index is 0.0991. The molecule has 4 fully saturated rings. The summed E-state index contributed by atoms with van der Waals surface area (Å²) in [5, 5.41) is 23.4. The summed E-state index contributed by atoms with van der Waals surface area (Å²) in [4.78, 5) is 0.871. The number of hydrogen-bond acceptors (Lipinski definition) is 3. The maximum atomic E-state index is 11.5. The topological polar surface area (TPSA) is 40.5 Å². The van der Waals surface area contributed by atoms with Crippen LogP contribution in [0.25, 0.3) is 0 Å². The summed E-state index contributed by atoms with van der Waals surface area (Å²) in [5.74, 6) is 7.16. The molecule has 0 saturated heterocycles. The lowest BCUT2D eigenvalue weighted by Crippen LogP contribution is -2.50. The van der Waals surface area contributed by atoms with Crippen LogP contribution in [0.15, 0.2) is 40.3 Å². The number of allylic oxidation sites excluding steroid dienone is 4. The Hall–Kier alpha value is -1.35. The molecule has 1 aromatic carbocycles. The number of hydrogen-bond donors (Lipinski definition) is 2. The zero-order valence-corrected chi connectivity index (χ0v) is 34.9. The van der Waals surface area contributed by atoms with E-state index in [1.165, 1.54) is 83.5 Å². The molecule has 2 N–H and O–H groups in total. The van der Waals surface area contributed by atoms with Crippen LogP contribution in [-0.4, -0.2) is 15.5 Å². The molecule has 1 aromatic rings. The van der Waals surface area contributed by atoms with Crippen LogP contribution in [0, 0.1) is 69.0 Å². The first-order chi connectivity index (χ1) is 24.1. The Morgan fingerprint density at radius 1 is 0.824 bits per heavy atom. The lowest BCUT2D eigenvalue weighted by Gasteiger charge is -2.58. The van der Waals surface area contributed by atoms with Gasteiger partial charge in [0.2, 0.25) is 0 Å². The van der Waals surface area contributed by atoms with Crippen LogP contribution >= 0.6 is 11.8 Å². The van der Waals surface area contributed by atoms with Crippen molar-refractivity contribution in [2.75, 3.05) is 0 Å². The van der Waals surface area contributed by atoms with Gasteiger partial charge in [0.15, 0.2) is 0 Å². The third kappa shape index (κ3) is 6.50. The number of thioether (sulfide) groups is 1. The second kappa shape index (κ2) is 14.1. The van der Waals surface area contributed by atoms with Crippen molar-refractivity contribution >= 4 is 11.8 Å². The van der Waals surface area contributed by atoms with Crippen molar-refractivity contribution in [3.63, 3.8) is 0 Å². The molecular formula is C48H74O2S. The predicted octanol–water partition coefficient (Wildman–Crippen LogP) is 13.9. The summed E-state index contributed by atoms with van der Waals surface area (Å²) in [7, 11) is 0. The van der Waals surface area contributed by atoms with Crippen LogP contribution in [0.5, 0.6) is 11.5 Å². The molecule has 0 spiro atoms. The Morgan fingerprint density at radius 3 is 2.35 bits per heavy atom. The minimum absolute atomic E-state index is 0.0991. The van der Waals surface area contributed by atoms with E-state index in [4.69, 9.17) is 0 Å². The summed E-state index contributed by atoms with van der Waals surface area (Å²) < 4.78 is 0. The fourth-order valence-electron chi connectivity index (χ4n) is 14.4. The van der Waals surface area contributed by atoms with Gasteiger partial charge in [0.1, 0.15) is 11.5 Å². The first kappa shape index (κ1) is 37.9. The molecule has 0 aliphatic heterocycles. The Labute approximate surface area is 317 Å². The fourth-order valence-corrected chi connectivity index (χ4v) is 15.6. The second-order valence-corrected chi connectivity index (χ2v) is 22.1. The van der Waals surface area contributed by atoms with Gasteiger partial charge in [0.25, 0.3) is 0 Å². The second-order valence-electron chi connectivity index (χ2n) is 20.8. The van der Waals surface area contributed by atoms with Gasteiger partial charge >= 0.3 is 0 Å². The predicted molar refractivity (Wildman–Crippen MR) is 217 cm³/mol. The lowest BCUT2D eigenvalue weighted by atomic mass is 9.47. The van der Waals surface area contributed by atoms with Crippen LogP contribution in [0.4, 0.5) is 0 Å². The van der Waals surface area contributed by atoms with Gasteiger partial charge in [-0.05, 0) is 177 Å². The van der Waals surface area contributed by atoms with Gasteiger partial charge in [-0.2, -0.15) is 0 Å². The molecule has 6 aliphatic rings. The highest BCUT2D eigenvalue weighted by Crippen LogP contribution is 2.68. The van der Waals surface area contributed by atoms with E-state index >= 15 is 0 Å². The molecule has 1 unspecified atom stereocenters. The lowest BCUT2D eigenvalue weighted by molar-refractivity contribution is -0.0497. The van der Waals surface area contributed by atoms with E-state index in [2.05, 4.69) is 74.5 Å². The Balaban J connectivity index is 1.02. The van der Waals surface area contributed by atoms with Gasteiger partial charge in [-0.15, -0.1) is 11.8 Å². The third-order valence-corrected chi connectivity index (χ3v) is 19.2. The standard InChI is InChI=1S/C48H74O2S/c1-30(2)12-10-13-31(3)38-18-19-39-37-17-16-35-27-36(21-24-46(35,7)40(37)22-25-47(38,39)8)51-43-28-41(49)34(26-42(43)50)29-48(9)33(5)20-23-45(6)32(4)14-11-15-44(45)48/h14,16,26,28,30-31,33,36-40,44,49-50H,10-13,15,17-25,27,29H2,1-9H3/t31-,33+,36?,37+,38-,39+,40+,44-,45-,46+,47-,48-/m1/s1. The van der Waals surface area contributed by atoms with E-state index < -0.39 is 0 Å². The van der Waals surface area contributed by atoms with Crippen molar-refractivity contribution < 1.29 is 10.2 Å². The number of rotatable bonds is 9. The van der Waals surface area contributed by atoms with Crippen molar-refractivity contribution in [1.82, 2.24) is 0 Å². The van der Waals surface area contributed by atoms with Crippen molar-refractivity contribution in [2.24, 2.45) is 69.0 Å². The van der Waals surface area contributed by atoms with Crippen molar-refractivity contribution in [2.45, 2.75) is 175 Å². The average Bonchev–Trinajstić information content (AvgIpc) is 3.44. The number of aromatic hydroxyl groups is 2. The molecule has 7 rings (SSSR count). The Morgan fingerprint density at radius 2 is 1.59 bits per heavy atom. The zero-order chi connectivity index (χ0) is 36.5. The van der Waals surface area contributed by atoms with Crippen LogP contribution in [0.1, 0.15) is 164 Å². The first-order valence-electron chi connectivity index (χ1n) is 21.7. The van der Waals surface area contributed by atoms with E-state index in [-0.39, 0.29) is 10.8 Å². The highest BCUT2D eigenvalue weighted by atomic mass is 32.2. The molecule has 12 atom stereocenters. The maximum absolute atomic E-state index is 11.5. The Kier molecular flexibility index (Phi) is 10.5. The van der Waals surface area contributed by atoms with Crippen molar-refractivity contribution in [1.29, 1.82) is 0 Å². The van der Waals surface area contributed by atoms with Crippen LogP contribution in [0.3, 0.4) is 0 Å². The van der Waals surface area contributed by atoms with Crippen molar-refractivity contribution in [3.05, 3.63) is 41.0 Å². The van der Waals surface area contributed by atoms with E-state index in [1.807, 2.05) is 23.9 Å². The number of phenolic OH excluding ortho intramolecular Hbond substituents is 2. The normalized spacial score (nSPS) is 42.7. The monoisotopic (exact) mass is 715 g/mol. The molecule has 4 saturated carbocycles. The zero-order valence-electron chi connectivity index (χ0n) is 34.1. The molecule has 51 heavy (non-hydrogen) atoms. The number of fused-ring (bicyclic) bond motifs is 6. The first-order valence-corrected chi connectivity index (χ1v) is 22.6. The SMILES string of the molecule is CC1=CCC[C@H]2[C@](C)(Cc3cc(O)c(SC4CC[C@@]5(C)C(=CC[C@H]6[C@@H]7CC[C@H]([C@H](C)CCCC(C)C)[C@@]7(C)CC[C@@H]65)C4)cc3O)[C@@H](C)CC[C@]12C. The van der Waals surface area contributed by atoms with Gasteiger partial charge in [0, 0.05) is 5.25 Å². The third-order valence-electron chi connectivity index (χ3n) is 17.9. The van der Waals surface area contributed by atoms with Gasteiger partial charge < -0.3 is 10.2 Å². The molecule has 284 valence electrons. The molecule has 2 nitrogen and oxygen atoms in total. The summed E-state index contributed by atoms with van der Waals surface area (Å²) in [6.45, 7) is 22.5. The molecule has 0 amide bonds. The quantitative estimate of drug-likeness (QED) is 0.198. The molecule has 6 aliphatic carbocycles. The van der Waals surface area contributed by atoms with Crippen molar-refractivity contribution in [3.8, 4) is 11.5 Å². The van der Waals surface area contributed by atoms with Gasteiger partial charge in [0.05, 0.1) is 4.90 Å². The molecule has 3 heteroatoms. The molecule has 0 aromatic heterocycles. The molecular weight excluding hydrogens is 641 g/mol.